The first kappa shape index (κ1) is 13.4. The van der Waals surface area contributed by atoms with E-state index in [1.54, 1.807) is 0 Å². The summed E-state index contributed by atoms with van der Waals surface area (Å²) in [6.07, 6.45) is 4.83. The number of nitrogens with zero attached hydrogens (tertiary/aromatic N) is 2. The fraction of sp³-hybridized carbons (Fsp3) is 0.562. The molecule has 0 aliphatic carbocycles. The molecule has 0 aromatic heterocycles. The summed E-state index contributed by atoms with van der Waals surface area (Å²) in [5.74, 6) is -0.747. The number of piperidine rings is 1. The molecule has 2 unspecified atom stereocenters. The van der Waals surface area contributed by atoms with Crippen molar-refractivity contribution in [2.45, 2.75) is 37.8 Å². The maximum Gasteiger partial charge on any atom is 0.323 e. The molecule has 0 saturated carbocycles. The van der Waals surface area contributed by atoms with Gasteiger partial charge >= 0.3 is 5.97 Å². The van der Waals surface area contributed by atoms with Gasteiger partial charge in [0.25, 0.3) is 0 Å². The summed E-state index contributed by atoms with van der Waals surface area (Å²) in [6.45, 7) is 2.38. The van der Waals surface area contributed by atoms with E-state index in [0.717, 1.165) is 18.7 Å². The Morgan fingerprint density at radius 2 is 2.00 bits per heavy atom. The van der Waals surface area contributed by atoms with E-state index in [1.165, 1.54) is 25.8 Å². The van der Waals surface area contributed by atoms with Crippen molar-refractivity contribution >= 4 is 11.7 Å². The molecule has 2 saturated heterocycles. The molecule has 2 atom stereocenters. The molecular weight excluding hydrogens is 252 g/mol. The molecule has 108 valence electrons. The predicted molar refractivity (Wildman–Crippen MR) is 79.0 cm³/mol. The number of hydrogen-bond acceptors (Lipinski definition) is 3. The molecule has 2 aliphatic heterocycles. The van der Waals surface area contributed by atoms with Gasteiger partial charge in [0.15, 0.2) is 0 Å². The summed E-state index contributed by atoms with van der Waals surface area (Å²) in [7, 11) is 0. The molecule has 2 fully saturated rings. The number of hydrogen-bond donors (Lipinski definition) is 1. The predicted octanol–water partition coefficient (Wildman–Crippen LogP) is 2.20. The molecule has 2 aliphatic rings. The molecule has 0 spiro atoms. The van der Waals surface area contributed by atoms with Gasteiger partial charge in [-0.1, -0.05) is 24.6 Å². The quantitative estimate of drug-likeness (QED) is 0.914. The van der Waals surface area contributed by atoms with Crippen molar-refractivity contribution in [3.63, 3.8) is 0 Å². The van der Waals surface area contributed by atoms with Gasteiger partial charge in [-0.25, -0.2) is 0 Å². The third-order valence-electron chi connectivity index (χ3n) is 4.61. The lowest BCUT2D eigenvalue weighted by Crippen LogP contribution is -2.48. The second kappa shape index (κ2) is 5.83. The number of fused-ring (bicyclic) bond motifs is 1. The topological polar surface area (TPSA) is 43.8 Å². The number of aliphatic carboxylic acids is 1. The SMILES string of the molecule is O=C(O)CN(c1ccccc1)C1CCN2CCCCC12. The summed E-state index contributed by atoms with van der Waals surface area (Å²) < 4.78 is 0. The third-order valence-corrected chi connectivity index (χ3v) is 4.61. The lowest BCUT2D eigenvalue weighted by atomic mass is 9.97. The van der Waals surface area contributed by atoms with Gasteiger partial charge in [-0.3, -0.25) is 9.69 Å². The Morgan fingerprint density at radius 1 is 1.20 bits per heavy atom. The second-order valence-corrected chi connectivity index (χ2v) is 5.81. The number of benzene rings is 1. The van der Waals surface area contributed by atoms with Crippen LogP contribution in [0.1, 0.15) is 25.7 Å². The van der Waals surface area contributed by atoms with Crippen LogP contribution in [0.4, 0.5) is 5.69 Å². The van der Waals surface area contributed by atoms with Crippen molar-refractivity contribution in [3.05, 3.63) is 30.3 Å². The molecular formula is C16H22N2O2. The number of anilines is 1. The number of rotatable bonds is 4. The minimum absolute atomic E-state index is 0.0962. The lowest BCUT2D eigenvalue weighted by Gasteiger charge is -2.38. The van der Waals surface area contributed by atoms with Crippen molar-refractivity contribution in [3.8, 4) is 0 Å². The molecule has 2 heterocycles. The molecule has 20 heavy (non-hydrogen) atoms. The average molecular weight is 274 g/mol. The van der Waals surface area contributed by atoms with Crippen LogP contribution in [0, 0.1) is 0 Å². The maximum atomic E-state index is 11.2. The molecule has 3 rings (SSSR count). The van der Waals surface area contributed by atoms with Gasteiger partial charge in [-0.05, 0) is 37.9 Å². The van der Waals surface area contributed by atoms with Crippen molar-refractivity contribution in [2.75, 3.05) is 24.5 Å². The van der Waals surface area contributed by atoms with E-state index in [2.05, 4.69) is 9.80 Å². The van der Waals surface area contributed by atoms with Crippen molar-refractivity contribution in [1.82, 2.24) is 4.90 Å². The van der Waals surface area contributed by atoms with E-state index < -0.39 is 5.97 Å². The zero-order valence-electron chi connectivity index (χ0n) is 11.7. The van der Waals surface area contributed by atoms with Crippen molar-refractivity contribution < 1.29 is 9.90 Å². The summed E-state index contributed by atoms with van der Waals surface area (Å²) in [5, 5.41) is 9.25. The van der Waals surface area contributed by atoms with Crippen LogP contribution in [0.15, 0.2) is 30.3 Å². The van der Waals surface area contributed by atoms with Crippen molar-refractivity contribution in [2.24, 2.45) is 0 Å². The monoisotopic (exact) mass is 274 g/mol. The van der Waals surface area contributed by atoms with Gasteiger partial charge in [0.2, 0.25) is 0 Å². The Kier molecular flexibility index (Phi) is 3.92. The number of carboxylic acids is 1. The van der Waals surface area contributed by atoms with Crippen LogP contribution in [-0.4, -0.2) is 47.7 Å². The molecule has 0 bridgehead atoms. The molecule has 1 aromatic carbocycles. The van der Waals surface area contributed by atoms with Crippen LogP contribution in [-0.2, 0) is 4.79 Å². The lowest BCUT2D eigenvalue weighted by molar-refractivity contribution is -0.135. The highest BCUT2D eigenvalue weighted by molar-refractivity contribution is 5.74. The third kappa shape index (κ3) is 2.66. The number of carboxylic acid groups (broad SMARTS) is 1. The highest BCUT2D eigenvalue weighted by Crippen LogP contribution is 2.32. The van der Waals surface area contributed by atoms with Gasteiger partial charge < -0.3 is 10.0 Å². The van der Waals surface area contributed by atoms with Crippen LogP contribution in [0.2, 0.25) is 0 Å². The van der Waals surface area contributed by atoms with Crippen LogP contribution < -0.4 is 4.90 Å². The Bertz CT molecular complexity index is 463. The first-order valence-corrected chi connectivity index (χ1v) is 7.53. The van der Waals surface area contributed by atoms with Crippen LogP contribution in [0.25, 0.3) is 0 Å². The maximum absolute atomic E-state index is 11.2. The summed E-state index contributed by atoms with van der Waals surface area (Å²) in [5.41, 5.74) is 1.03. The first-order chi connectivity index (χ1) is 9.75. The summed E-state index contributed by atoms with van der Waals surface area (Å²) >= 11 is 0. The molecule has 1 N–H and O–H groups in total. The smallest absolute Gasteiger partial charge is 0.323 e. The van der Waals surface area contributed by atoms with E-state index in [-0.39, 0.29) is 6.54 Å². The second-order valence-electron chi connectivity index (χ2n) is 5.81. The van der Waals surface area contributed by atoms with E-state index in [1.807, 2.05) is 30.3 Å². The Labute approximate surface area is 120 Å². The molecule has 4 nitrogen and oxygen atoms in total. The van der Waals surface area contributed by atoms with Crippen LogP contribution in [0.5, 0.6) is 0 Å². The Hall–Kier alpha value is -1.55. The molecule has 1 aromatic rings. The highest BCUT2D eigenvalue weighted by atomic mass is 16.4. The fourth-order valence-corrected chi connectivity index (χ4v) is 3.75. The van der Waals surface area contributed by atoms with Crippen LogP contribution in [0.3, 0.4) is 0 Å². The fourth-order valence-electron chi connectivity index (χ4n) is 3.75. The van der Waals surface area contributed by atoms with Gasteiger partial charge in [-0.15, -0.1) is 0 Å². The molecule has 0 radical (unpaired) electrons. The van der Waals surface area contributed by atoms with Gasteiger partial charge in [0.1, 0.15) is 6.54 Å². The minimum Gasteiger partial charge on any atom is -0.480 e. The van der Waals surface area contributed by atoms with E-state index in [0.29, 0.717) is 12.1 Å². The van der Waals surface area contributed by atoms with E-state index in [4.69, 9.17) is 0 Å². The largest absolute Gasteiger partial charge is 0.480 e. The Morgan fingerprint density at radius 3 is 2.75 bits per heavy atom. The molecule has 0 amide bonds. The number of para-hydroxylation sites is 1. The average Bonchev–Trinajstić information content (AvgIpc) is 2.89. The first-order valence-electron chi connectivity index (χ1n) is 7.53. The molecule has 4 heteroatoms. The van der Waals surface area contributed by atoms with E-state index >= 15 is 0 Å². The summed E-state index contributed by atoms with van der Waals surface area (Å²) in [4.78, 5) is 15.9. The van der Waals surface area contributed by atoms with Crippen LogP contribution >= 0.6 is 0 Å². The van der Waals surface area contributed by atoms with Crippen molar-refractivity contribution in [1.29, 1.82) is 0 Å². The minimum atomic E-state index is -0.747. The van der Waals surface area contributed by atoms with E-state index in [9.17, 15) is 9.90 Å². The zero-order valence-corrected chi connectivity index (χ0v) is 11.7. The van der Waals surface area contributed by atoms with Gasteiger partial charge in [-0.2, -0.15) is 0 Å². The van der Waals surface area contributed by atoms with Gasteiger partial charge in [0.05, 0.1) is 0 Å². The normalized spacial score (nSPS) is 26.2. The number of carbonyl (C=O) groups is 1. The van der Waals surface area contributed by atoms with Gasteiger partial charge in [0, 0.05) is 24.3 Å². The highest BCUT2D eigenvalue weighted by Gasteiger charge is 2.39. The standard InChI is InChI=1S/C16H22N2O2/c19-16(20)12-18(13-6-2-1-3-7-13)15-9-11-17-10-5-4-8-14(15)17/h1-3,6-7,14-15H,4-5,8-12H2,(H,19,20). The zero-order chi connectivity index (χ0) is 13.9. The Balaban J connectivity index is 1.84. The summed E-state index contributed by atoms with van der Waals surface area (Å²) in [6, 6.07) is 10.9.